The van der Waals surface area contributed by atoms with Crippen molar-refractivity contribution in [1.29, 1.82) is 0 Å². The number of para-hydroxylation sites is 3. The summed E-state index contributed by atoms with van der Waals surface area (Å²) in [5.41, 5.74) is 11.4. The molecule has 0 saturated heterocycles. The average Bonchev–Trinajstić information content (AvgIpc) is 3.11. The molecular weight excluding hydrogens is 560 g/mol. The molecule has 220 valence electrons. The quantitative estimate of drug-likeness (QED) is 0.202. The van der Waals surface area contributed by atoms with Gasteiger partial charge in [-0.3, -0.25) is 0 Å². The lowest BCUT2D eigenvalue weighted by atomic mass is 9.73. The van der Waals surface area contributed by atoms with Gasteiger partial charge in [0, 0.05) is 22.2 Å². The Morgan fingerprint density at radius 1 is 0.522 bits per heavy atom. The topological polar surface area (TPSA) is 15.7 Å². The van der Waals surface area contributed by atoms with Gasteiger partial charge in [0.2, 0.25) is 0 Å². The number of fused-ring (bicyclic) bond motifs is 5. The summed E-state index contributed by atoms with van der Waals surface area (Å²) in [6.07, 6.45) is 0. The molecule has 0 aliphatic carbocycles. The van der Waals surface area contributed by atoms with Crippen LogP contribution in [-0.4, -0.2) is 0 Å². The Kier molecular flexibility index (Phi) is 5.85. The summed E-state index contributed by atoms with van der Waals surface area (Å²) in [6.45, 7) is 4.65. The lowest BCUT2D eigenvalue weighted by molar-refractivity contribution is 0.471. The third kappa shape index (κ3) is 3.98. The lowest BCUT2D eigenvalue weighted by Crippen LogP contribution is -2.32. The van der Waals surface area contributed by atoms with Crippen LogP contribution in [0.25, 0.3) is 21.9 Å². The maximum absolute atomic E-state index is 6.49. The van der Waals surface area contributed by atoms with Gasteiger partial charge in [0.1, 0.15) is 0 Å². The minimum absolute atomic E-state index is 0.215. The largest absolute Gasteiger partial charge is 0.453 e. The predicted molar refractivity (Wildman–Crippen MR) is 191 cm³/mol. The van der Waals surface area contributed by atoms with Gasteiger partial charge in [-0.25, -0.2) is 0 Å². The first-order valence-corrected chi connectivity index (χ1v) is 15.9. The summed E-state index contributed by atoms with van der Waals surface area (Å²) in [7, 11) is 0. The molecule has 0 saturated carbocycles. The SMILES string of the molecule is CC1(C)c2ccc(N(c3ccc(-c4ccccc4)cc3)c3cccc4ccccc34)cc2N2c3ccccc3Oc3cccc1c32. The molecule has 0 aromatic heterocycles. The van der Waals surface area contributed by atoms with Crippen LogP contribution in [-0.2, 0) is 5.41 Å². The van der Waals surface area contributed by atoms with Crippen molar-refractivity contribution >= 4 is 44.9 Å². The third-order valence-corrected chi connectivity index (χ3v) is 9.62. The Labute approximate surface area is 269 Å². The zero-order valence-corrected chi connectivity index (χ0v) is 25.8. The van der Waals surface area contributed by atoms with Gasteiger partial charge in [-0.1, -0.05) is 123 Å². The van der Waals surface area contributed by atoms with Crippen molar-refractivity contribution < 1.29 is 4.74 Å². The molecule has 0 spiro atoms. The molecule has 0 radical (unpaired) electrons. The van der Waals surface area contributed by atoms with Crippen LogP contribution in [0.15, 0.2) is 158 Å². The zero-order chi connectivity index (χ0) is 30.8. The van der Waals surface area contributed by atoms with Crippen LogP contribution in [0.2, 0.25) is 0 Å². The second-order valence-electron chi connectivity index (χ2n) is 12.6. The summed E-state index contributed by atoms with van der Waals surface area (Å²) in [4.78, 5) is 4.81. The fourth-order valence-electron chi connectivity index (χ4n) is 7.34. The fourth-order valence-corrected chi connectivity index (χ4v) is 7.34. The van der Waals surface area contributed by atoms with Crippen LogP contribution < -0.4 is 14.5 Å². The molecule has 0 unspecified atom stereocenters. The Morgan fingerprint density at radius 3 is 2.07 bits per heavy atom. The summed E-state index contributed by atoms with van der Waals surface area (Å²) in [5, 5.41) is 2.42. The van der Waals surface area contributed by atoms with Crippen LogP contribution in [0.1, 0.15) is 25.0 Å². The second kappa shape index (κ2) is 10.1. The van der Waals surface area contributed by atoms with Crippen molar-refractivity contribution in [2.45, 2.75) is 19.3 Å². The highest BCUT2D eigenvalue weighted by molar-refractivity contribution is 6.00. The van der Waals surface area contributed by atoms with Crippen LogP contribution in [0.3, 0.4) is 0 Å². The van der Waals surface area contributed by atoms with Gasteiger partial charge in [0.05, 0.1) is 22.7 Å². The summed E-state index contributed by atoms with van der Waals surface area (Å²) < 4.78 is 6.49. The van der Waals surface area contributed by atoms with E-state index < -0.39 is 0 Å². The molecule has 0 bridgehead atoms. The minimum atomic E-state index is -0.215. The standard InChI is InChI=1S/C43H32N2O/c1-43(2)35-27-26-33(28-39(35)45-38-18-8-9-20-40(38)46-41-21-11-17-36(43)42(41)45)44(37-19-10-15-31-14-6-7-16-34(31)37)32-24-22-30(23-25-32)29-12-4-3-5-13-29/h3-28H,1-2H3. The molecule has 46 heavy (non-hydrogen) atoms. The molecule has 2 aliphatic rings. The number of rotatable bonds is 4. The monoisotopic (exact) mass is 592 g/mol. The summed E-state index contributed by atoms with van der Waals surface area (Å²) in [5.74, 6) is 1.76. The average molecular weight is 593 g/mol. The van der Waals surface area contributed by atoms with E-state index in [0.29, 0.717) is 0 Å². The Bertz CT molecular complexity index is 2270. The molecule has 3 heteroatoms. The summed E-state index contributed by atoms with van der Waals surface area (Å²) >= 11 is 0. The van der Waals surface area contributed by atoms with Crippen molar-refractivity contribution in [3.05, 3.63) is 169 Å². The number of hydrogen-bond acceptors (Lipinski definition) is 3. The van der Waals surface area contributed by atoms with E-state index in [0.717, 1.165) is 39.9 Å². The smallest absolute Gasteiger partial charge is 0.151 e. The van der Waals surface area contributed by atoms with Gasteiger partial charge in [-0.2, -0.15) is 0 Å². The van der Waals surface area contributed by atoms with Crippen LogP contribution in [0.4, 0.5) is 34.1 Å². The minimum Gasteiger partial charge on any atom is -0.453 e. The Morgan fingerprint density at radius 2 is 1.20 bits per heavy atom. The van der Waals surface area contributed by atoms with Crippen LogP contribution in [0.5, 0.6) is 11.5 Å². The third-order valence-electron chi connectivity index (χ3n) is 9.62. The van der Waals surface area contributed by atoms with Gasteiger partial charge in [0.25, 0.3) is 0 Å². The first kappa shape index (κ1) is 26.6. The van der Waals surface area contributed by atoms with E-state index in [9.17, 15) is 0 Å². The number of benzene rings is 7. The molecule has 0 fully saturated rings. The van der Waals surface area contributed by atoms with E-state index in [2.05, 4.69) is 175 Å². The predicted octanol–water partition coefficient (Wildman–Crippen LogP) is 12.2. The highest BCUT2D eigenvalue weighted by Gasteiger charge is 2.41. The van der Waals surface area contributed by atoms with E-state index in [-0.39, 0.29) is 5.41 Å². The molecular formula is C43H32N2O. The first-order chi connectivity index (χ1) is 22.6. The molecule has 0 atom stereocenters. The van der Waals surface area contributed by atoms with Crippen molar-refractivity contribution in [3.63, 3.8) is 0 Å². The van der Waals surface area contributed by atoms with E-state index in [1.165, 1.54) is 38.7 Å². The first-order valence-electron chi connectivity index (χ1n) is 15.9. The highest BCUT2D eigenvalue weighted by atomic mass is 16.5. The van der Waals surface area contributed by atoms with Gasteiger partial charge in [0.15, 0.2) is 11.5 Å². The van der Waals surface area contributed by atoms with E-state index in [4.69, 9.17) is 4.74 Å². The second-order valence-corrected chi connectivity index (χ2v) is 12.6. The fraction of sp³-hybridized carbons (Fsp3) is 0.0698. The van der Waals surface area contributed by atoms with Crippen LogP contribution >= 0.6 is 0 Å². The van der Waals surface area contributed by atoms with Crippen molar-refractivity contribution in [2.75, 3.05) is 9.80 Å². The normalized spacial score (nSPS) is 13.7. The van der Waals surface area contributed by atoms with Crippen molar-refractivity contribution in [1.82, 2.24) is 0 Å². The van der Waals surface area contributed by atoms with Crippen molar-refractivity contribution in [3.8, 4) is 22.6 Å². The van der Waals surface area contributed by atoms with E-state index >= 15 is 0 Å². The maximum Gasteiger partial charge on any atom is 0.151 e. The maximum atomic E-state index is 6.49. The number of anilines is 6. The molecule has 2 aliphatic heterocycles. The summed E-state index contributed by atoms with van der Waals surface area (Å²) in [6, 6.07) is 56.5. The van der Waals surface area contributed by atoms with Gasteiger partial charge in [-0.05, 0) is 76.2 Å². The van der Waals surface area contributed by atoms with E-state index in [1.807, 2.05) is 6.07 Å². The zero-order valence-electron chi connectivity index (χ0n) is 25.8. The lowest BCUT2D eigenvalue weighted by Gasteiger charge is -2.45. The number of nitrogens with zero attached hydrogens (tertiary/aromatic N) is 2. The molecule has 7 aromatic carbocycles. The Hall–Kier alpha value is -5.80. The number of ether oxygens (including phenoxy) is 1. The molecule has 3 nitrogen and oxygen atoms in total. The highest BCUT2D eigenvalue weighted by Crippen LogP contribution is 2.60. The molecule has 0 N–H and O–H groups in total. The molecule has 9 rings (SSSR count). The molecule has 7 aromatic rings. The Balaban J connectivity index is 1.28. The molecule has 0 amide bonds. The molecule has 2 heterocycles. The number of hydrogen-bond donors (Lipinski definition) is 0. The van der Waals surface area contributed by atoms with Gasteiger partial charge in [-0.15, -0.1) is 0 Å². The van der Waals surface area contributed by atoms with Crippen LogP contribution in [0, 0.1) is 0 Å². The van der Waals surface area contributed by atoms with Crippen molar-refractivity contribution in [2.24, 2.45) is 0 Å². The van der Waals surface area contributed by atoms with E-state index in [1.54, 1.807) is 0 Å². The van der Waals surface area contributed by atoms with Gasteiger partial charge >= 0.3 is 0 Å². The van der Waals surface area contributed by atoms with Gasteiger partial charge < -0.3 is 14.5 Å².